The average molecular weight is 266 g/mol. The zero-order valence-electron chi connectivity index (χ0n) is 11.4. The predicted octanol–water partition coefficient (Wildman–Crippen LogP) is 2.41. The first-order chi connectivity index (χ1) is 8.95. The fraction of sp³-hybridized carbons (Fsp3) is 0.500. The summed E-state index contributed by atoms with van der Waals surface area (Å²) in [5.41, 5.74) is 0.221. The van der Waals surface area contributed by atoms with Crippen molar-refractivity contribution in [3.05, 3.63) is 23.2 Å². The van der Waals surface area contributed by atoms with Gasteiger partial charge >= 0.3 is 11.9 Å². The minimum Gasteiger partial charge on any atom is -0.430 e. The Bertz CT molecular complexity index is 456. The molecule has 0 bridgehead atoms. The van der Waals surface area contributed by atoms with Crippen molar-refractivity contribution >= 4 is 17.7 Å². The number of carbonyl (C=O) groups is 3. The monoisotopic (exact) mass is 266 g/mol. The van der Waals surface area contributed by atoms with Crippen molar-refractivity contribution in [3.63, 3.8) is 0 Å². The number of rotatable bonds is 4. The van der Waals surface area contributed by atoms with Crippen LogP contribution in [0.5, 0.6) is 0 Å². The molecule has 19 heavy (non-hydrogen) atoms. The van der Waals surface area contributed by atoms with E-state index in [4.69, 9.17) is 9.47 Å². The summed E-state index contributed by atoms with van der Waals surface area (Å²) in [4.78, 5) is 34.2. The van der Waals surface area contributed by atoms with Gasteiger partial charge in [-0.05, 0) is 18.9 Å². The van der Waals surface area contributed by atoms with Crippen molar-refractivity contribution in [2.45, 2.75) is 46.5 Å². The molecule has 0 fully saturated rings. The molecule has 0 N–H and O–H groups in total. The van der Waals surface area contributed by atoms with E-state index >= 15 is 0 Å². The third-order valence-corrected chi connectivity index (χ3v) is 2.52. The van der Waals surface area contributed by atoms with Crippen LogP contribution in [-0.2, 0) is 23.9 Å². The minimum atomic E-state index is -0.507. The zero-order chi connectivity index (χ0) is 14.4. The zero-order valence-corrected chi connectivity index (χ0v) is 11.4. The van der Waals surface area contributed by atoms with Crippen LogP contribution in [0.25, 0.3) is 0 Å². The van der Waals surface area contributed by atoms with Gasteiger partial charge in [-0.2, -0.15) is 0 Å². The van der Waals surface area contributed by atoms with Crippen LogP contribution in [-0.4, -0.2) is 17.7 Å². The number of hydrogen-bond acceptors (Lipinski definition) is 5. The van der Waals surface area contributed by atoms with Gasteiger partial charge in [-0.1, -0.05) is 6.92 Å². The van der Waals surface area contributed by atoms with Crippen molar-refractivity contribution in [3.8, 4) is 0 Å². The van der Waals surface area contributed by atoms with Gasteiger partial charge in [0.05, 0.1) is 5.57 Å². The predicted molar refractivity (Wildman–Crippen MR) is 67.8 cm³/mol. The van der Waals surface area contributed by atoms with Crippen molar-refractivity contribution in [2.24, 2.45) is 0 Å². The first kappa shape index (κ1) is 15.1. The minimum absolute atomic E-state index is 0.163. The SMILES string of the molecule is CC/C=C(\OC(C)=O)C1=C(OC(C)=O)CCCC1=O. The van der Waals surface area contributed by atoms with E-state index in [0.29, 0.717) is 31.4 Å². The van der Waals surface area contributed by atoms with Gasteiger partial charge in [0, 0.05) is 26.7 Å². The summed E-state index contributed by atoms with van der Waals surface area (Å²) < 4.78 is 10.1. The molecule has 0 aromatic heterocycles. The summed E-state index contributed by atoms with van der Waals surface area (Å²) in [5, 5.41) is 0. The number of ketones is 1. The number of hydrogen-bond donors (Lipinski definition) is 0. The van der Waals surface area contributed by atoms with Crippen LogP contribution >= 0.6 is 0 Å². The molecule has 0 unspecified atom stereocenters. The van der Waals surface area contributed by atoms with Crippen LogP contribution in [0.2, 0.25) is 0 Å². The van der Waals surface area contributed by atoms with Gasteiger partial charge in [0.15, 0.2) is 5.78 Å². The fourth-order valence-corrected chi connectivity index (χ4v) is 1.90. The highest BCUT2D eigenvalue weighted by Crippen LogP contribution is 2.29. The summed E-state index contributed by atoms with van der Waals surface area (Å²) in [7, 11) is 0. The maximum atomic E-state index is 12.0. The van der Waals surface area contributed by atoms with Crippen LogP contribution < -0.4 is 0 Å². The first-order valence-corrected chi connectivity index (χ1v) is 6.29. The smallest absolute Gasteiger partial charge is 0.308 e. The lowest BCUT2D eigenvalue weighted by Crippen LogP contribution is -2.18. The number of ether oxygens (including phenoxy) is 2. The highest BCUT2D eigenvalue weighted by atomic mass is 16.5. The molecular formula is C14H18O5. The molecule has 0 radical (unpaired) electrons. The molecule has 1 rings (SSSR count). The molecule has 0 saturated heterocycles. The average Bonchev–Trinajstić information content (AvgIpc) is 2.27. The van der Waals surface area contributed by atoms with Crippen molar-refractivity contribution < 1.29 is 23.9 Å². The lowest BCUT2D eigenvalue weighted by molar-refractivity contribution is -0.137. The van der Waals surface area contributed by atoms with Gasteiger partial charge < -0.3 is 9.47 Å². The molecule has 0 amide bonds. The van der Waals surface area contributed by atoms with Crippen LogP contribution in [0.3, 0.4) is 0 Å². The molecule has 0 atom stereocenters. The number of allylic oxidation sites excluding steroid dienone is 3. The Kier molecular flexibility index (Phi) is 5.48. The third-order valence-electron chi connectivity index (χ3n) is 2.52. The number of esters is 2. The molecule has 0 aromatic rings. The van der Waals surface area contributed by atoms with E-state index in [1.807, 2.05) is 6.92 Å². The molecule has 1 aliphatic carbocycles. The first-order valence-electron chi connectivity index (χ1n) is 6.29. The Labute approximate surface area is 112 Å². The fourth-order valence-electron chi connectivity index (χ4n) is 1.90. The largest absolute Gasteiger partial charge is 0.430 e. The molecule has 0 spiro atoms. The molecule has 5 heteroatoms. The van der Waals surface area contributed by atoms with Gasteiger partial charge in [0.1, 0.15) is 11.5 Å². The van der Waals surface area contributed by atoms with Crippen molar-refractivity contribution in [1.29, 1.82) is 0 Å². The lowest BCUT2D eigenvalue weighted by Gasteiger charge is -2.19. The molecule has 5 nitrogen and oxygen atoms in total. The van der Waals surface area contributed by atoms with E-state index in [1.54, 1.807) is 6.08 Å². The van der Waals surface area contributed by atoms with Crippen LogP contribution in [0.1, 0.15) is 46.5 Å². The maximum absolute atomic E-state index is 12.0. The Morgan fingerprint density at radius 3 is 2.42 bits per heavy atom. The van der Waals surface area contributed by atoms with Crippen molar-refractivity contribution in [2.75, 3.05) is 0 Å². The highest BCUT2D eigenvalue weighted by molar-refractivity contribution is 6.01. The topological polar surface area (TPSA) is 69.7 Å². The number of carbonyl (C=O) groups excluding carboxylic acids is 3. The molecule has 0 heterocycles. The summed E-state index contributed by atoms with van der Waals surface area (Å²) in [5.74, 6) is -0.669. The molecule has 0 aliphatic heterocycles. The second-order valence-corrected chi connectivity index (χ2v) is 4.24. The van der Waals surface area contributed by atoms with E-state index in [0.717, 1.165) is 0 Å². The maximum Gasteiger partial charge on any atom is 0.308 e. The molecule has 1 aliphatic rings. The highest BCUT2D eigenvalue weighted by Gasteiger charge is 2.27. The number of Topliss-reactive ketones (excluding diaryl/α,β-unsaturated/α-hetero) is 1. The van der Waals surface area contributed by atoms with Crippen LogP contribution in [0.15, 0.2) is 23.2 Å². The van der Waals surface area contributed by atoms with E-state index in [-0.39, 0.29) is 17.1 Å². The lowest BCUT2D eigenvalue weighted by atomic mass is 9.94. The summed E-state index contributed by atoms with van der Waals surface area (Å²) >= 11 is 0. The Hall–Kier alpha value is -1.91. The summed E-state index contributed by atoms with van der Waals surface area (Å²) in [6, 6.07) is 0. The van der Waals surface area contributed by atoms with Crippen LogP contribution in [0.4, 0.5) is 0 Å². The Morgan fingerprint density at radius 1 is 1.21 bits per heavy atom. The van der Waals surface area contributed by atoms with E-state index < -0.39 is 11.9 Å². The Morgan fingerprint density at radius 2 is 1.89 bits per heavy atom. The van der Waals surface area contributed by atoms with E-state index in [2.05, 4.69) is 0 Å². The van der Waals surface area contributed by atoms with Gasteiger partial charge in [-0.15, -0.1) is 0 Å². The summed E-state index contributed by atoms with van der Waals surface area (Å²) in [6.07, 6.45) is 3.73. The van der Waals surface area contributed by atoms with Gasteiger partial charge in [0.2, 0.25) is 0 Å². The molecule has 104 valence electrons. The second kappa shape index (κ2) is 6.87. The summed E-state index contributed by atoms with van der Waals surface area (Å²) in [6.45, 7) is 4.41. The van der Waals surface area contributed by atoms with E-state index in [1.165, 1.54) is 13.8 Å². The normalized spacial score (nSPS) is 16.4. The second-order valence-electron chi connectivity index (χ2n) is 4.24. The quantitative estimate of drug-likeness (QED) is 0.577. The van der Waals surface area contributed by atoms with Crippen LogP contribution in [0, 0.1) is 0 Å². The van der Waals surface area contributed by atoms with E-state index in [9.17, 15) is 14.4 Å². The van der Waals surface area contributed by atoms with Crippen molar-refractivity contribution in [1.82, 2.24) is 0 Å². The van der Waals surface area contributed by atoms with Gasteiger partial charge in [0.25, 0.3) is 0 Å². The molecule has 0 aromatic carbocycles. The molecular weight excluding hydrogens is 248 g/mol. The van der Waals surface area contributed by atoms with Gasteiger partial charge in [-0.3, -0.25) is 14.4 Å². The third kappa shape index (κ3) is 4.35. The molecule has 0 saturated carbocycles. The standard InChI is InChI=1S/C14H18O5/c1-4-6-12(18-9(2)15)14-11(17)7-5-8-13(14)19-10(3)16/h6H,4-5,7-8H2,1-3H3/b12-6-. The van der Waals surface area contributed by atoms with Gasteiger partial charge in [-0.25, -0.2) is 0 Å². The Balaban J connectivity index is 3.21.